The molecular formula is C49H86NO7+. The minimum Gasteiger partial charge on any atom is -0.477 e. The summed E-state index contributed by atoms with van der Waals surface area (Å²) in [6.45, 7) is 4.58. The van der Waals surface area contributed by atoms with Gasteiger partial charge in [0.25, 0.3) is 0 Å². The Morgan fingerprint density at radius 3 is 1.46 bits per heavy atom. The van der Waals surface area contributed by atoms with Crippen LogP contribution < -0.4 is 0 Å². The second-order valence-electron chi connectivity index (χ2n) is 16.3. The molecule has 57 heavy (non-hydrogen) atoms. The van der Waals surface area contributed by atoms with Crippen LogP contribution in [0.5, 0.6) is 0 Å². The van der Waals surface area contributed by atoms with Crippen LogP contribution in [0.25, 0.3) is 0 Å². The molecule has 0 bridgehead atoms. The van der Waals surface area contributed by atoms with Crippen molar-refractivity contribution in [3.8, 4) is 0 Å². The summed E-state index contributed by atoms with van der Waals surface area (Å²) in [6.07, 6.45) is 48.3. The number of hydrogen-bond donors (Lipinski definition) is 1. The molecule has 8 nitrogen and oxygen atoms in total. The smallest absolute Gasteiger partial charge is 0.362 e. The van der Waals surface area contributed by atoms with Gasteiger partial charge >= 0.3 is 17.9 Å². The molecule has 0 amide bonds. The number of hydrogen-bond acceptors (Lipinski definition) is 6. The van der Waals surface area contributed by atoms with Crippen LogP contribution in [0, 0.1) is 0 Å². The molecule has 0 aromatic carbocycles. The third-order valence-corrected chi connectivity index (χ3v) is 9.90. The maximum atomic E-state index is 12.7. The van der Waals surface area contributed by atoms with Crippen LogP contribution in [-0.2, 0) is 28.6 Å². The van der Waals surface area contributed by atoms with Crippen molar-refractivity contribution in [2.75, 3.05) is 41.0 Å². The van der Waals surface area contributed by atoms with Gasteiger partial charge in [0.2, 0.25) is 0 Å². The topological polar surface area (TPSA) is 99.1 Å². The summed E-state index contributed by atoms with van der Waals surface area (Å²) in [5.41, 5.74) is 0. The predicted octanol–water partition coefficient (Wildman–Crippen LogP) is 12.6. The highest BCUT2D eigenvalue weighted by Gasteiger charge is 2.31. The van der Waals surface area contributed by atoms with E-state index in [0.29, 0.717) is 19.3 Å². The third kappa shape index (κ3) is 38.3. The summed E-state index contributed by atoms with van der Waals surface area (Å²) in [5.74, 6) is -1.50. The second kappa shape index (κ2) is 39.8. The lowest BCUT2D eigenvalue weighted by Gasteiger charge is -2.31. The van der Waals surface area contributed by atoms with Gasteiger partial charge < -0.3 is 23.8 Å². The van der Waals surface area contributed by atoms with Crippen molar-refractivity contribution in [3.05, 3.63) is 60.8 Å². The Labute approximate surface area is 349 Å². The fourth-order valence-electron chi connectivity index (χ4n) is 6.37. The average Bonchev–Trinajstić information content (AvgIpc) is 3.17. The van der Waals surface area contributed by atoms with Crippen LogP contribution >= 0.6 is 0 Å². The van der Waals surface area contributed by atoms with Gasteiger partial charge in [0, 0.05) is 19.3 Å². The molecule has 0 aliphatic heterocycles. The lowest BCUT2D eigenvalue weighted by Crippen LogP contribution is -2.50. The fraction of sp³-hybridized carbons (Fsp3) is 0.735. The lowest BCUT2D eigenvalue weighted by molar-refractivity contribution is -0.887. The van der Waals surface area contributed by atoms with E-state index >= 15 is 0 Å². The third-order valence-electron chi connectivity index (χ3n) is 9.90. The molecule has 0 spiro atoms. The number of quaternary nitrogens is 1. The van der Waals surface area contributed by atoms with Crippen LogP contribution in [0.3, 0.4) is 0 Å². The number of allylic oxidation sites excluding steroid dienone is 10. The van der Waals surface area contributed by atoms with Crippen molar-refractivity contribution in [1.29, 1.82) is 0 Å². The molecule has 0 saturated carbocycles. The molecule has 0 rings (SSSR count). The lowest BCUT2D eigenvalue weighted by atomic mass is 10.1. The largest absolute Gasteiger partial charge is 0.477 e. The Kier molecular flexibility index (Phi) is 37.8. The maximum absolute atomic E-state index is 12.7. The van der Waals surface area contributed by atoms with Crippen LogP contribution in [0.15, 0.2) is 60.8 Å². The van der Waals surface area contributed by atoms with Crippen LogP contribution in [-0.4, -0.2) is 80.6 Å². The summed E-state index contributed by atoms with van der Waals surface area (Å²) in [4.78, 5) is 37.0. The van der Waals surface area contributed by atoms with Crippen molar-refractivity contribution < 1.29 is 38.2 Å². The van der Waals surface area contributed by atoms with E-state index in [9.17, 15) is 19.5 Å². The molecule has 0 aromatic rings. The van der Waals surface area contributed by atoms with Gasteiger partial charge in [0.05, 0.1) is 34.4 Å². The van der Waals surface area contributed by atoms with Crippen molar-refractivity contribution in [2.24, 2.45) is 0 Å². The number of nitrogens with zero attached hydrogens (tertiary/aromatic N) is 1. The number of unbranched alkanes of at least 4 members (excludes halogenated alkanes) is 16. The van der Waals surface area contributed by atoms with Crippen LogP contribution in [0.4, 0.5) is 0 Å². The number of rotatable bonds is 40. The number of esters is 2. The van der Waals surface area contributed by atoms with Gasteiger partial charge in [-0.15, -0.1) is 0 Å². The van der Waals surface area contributed by atoms with Crippen molar-refractivity contribution in [3.63, 3.8) is 0 Å². The van der Waals surface area contributed by atoms with Gasteiger partial charge in [0.1, 0.15) is 6.61 Å². The number of carboxylic acids is 1. The molecule has 0 aliphatic carbocycles. The molecule has 0 aromatic heterocycles. The first-order chi connectivity index (χ1) is 27.6. The van der Waals surface area contributed by atoms with Gasteiger partial charge in [-0.25, -0.2) is 4.79 Å². The monoisotopic (exact) mass is 801 g/mol. The van der Waals surface area contributed by atoms with Crippen LogP contribution in [0.2, 0.25) is 0 Å². The highest BCUT2D eigenvalue weighted by atomic mass is 16.6. The zero-order valence-corrected chi connectivity index (χ0v) is 37.3. The molecule has 0 heterocycles. The zero-order chi connectivity index (χ0) is 42.1. The number of carboxylic acid groups (broad SMARTS) is 1. The van der Waals surface area contributed by atoms with E-state index in [0.717, 1.165) is 89.9 Å². The highest BCUT2D eigenvalue weighted by molar-refractivity contribution is 5.72. The number of aliphatic carboxylic acids is 1. The molecule has 328 valence electrons. The highest BCUT2D eigenvalue weighted by Crippen LogP contribution is 2.13. The molecule has 0 fully saturated rings. The van der Waals surface area contributed by atoms with Gasteiger partial charge in [-0.05, 0) is 77.0 Å². The number of likely N-dealkylation sites (N-methyl/N-ethyl adjacent to an activating group) is 1. The first-order valence-electron chi connectivity index (χ1n) is 22.8. The van der Waals surface area contributed by atoms with Gasteiger partial charge in [-0.2, -0.15) is 0 Å². The Balaban J connectivity index is 4.36. The van der Waals surface area contributed by atoms with Gasteiger partial charge in [-0.1, -0.05) is 145 Å². The summed E-state index contributed by atoms with van der Waals surface area (Å²) in [6, 6.07) is -0.621. The molecular weight excluding hydrogens is 715 g/mol. The predicted molar refractivity (Wildman–Crippen MR) is 238 cm³/mol. The quantitative estimate of drug-likeness (QED) is 0.0285. The van der Waals surface area contributed by atoms with Crippen LogP contribution in [0.1, 0.15) is 181 Å². The fourth-order valence-corrected chi connectivity index (χ4v) is 6.37. The Morgan fingerprint density at radius 1 is 0.544 bits per heavy atom. The number of ether oxygens (including phenoxy) is 3. The van der Waals surface area contributed by atoms with E-state index in [2.05, 4.69) is 74.6 Å². The molecule has 0 radical (unpaired) electrons. The molecule has 0 saturated heterocycles. The Bertz CT molecular complexity index is 1120. The minimum absolute atomic E-state index is 0.0494. The van der Waals surface area contributed by atoms with Gasteiger partial charge in [0.15, 0.2) is 12.1 Å². The summed E-state index contributed by atoms with van der Waals surface area (Å²) >= 11 is 0. The van der Waals surface area contributed by atoms with E-state index in [1.165, 1.54) is 57.8 Å². The maximum Gasteiger partial charge on any atom is 0.362 e. The van der Waals surface area contributed by atoms with E-state index < -0.39 is 18.1 Å². The molecule has 8 heteroatoms. The Morgan fingerprint density at radius 2 is 0.982 bits per heavy atom. The van der Waals surface area contributed by atoms with E-state index in [-0.39, 0.29) is 36.2 Å². The first-order valence-corrected chi connectivity index (χ1v) is 22.8. The summed E-state index contributed by atoms with van der Waals surface area (Å²) < 4.78 is 17.3. The second-order valence-corrected chi connectivity index (χ2v) is 16.3. The summed E-state index contributed by atoms with van der Waals surface area (Å²) in [5, 5.41) is 9.62. The Hall–Kier alpha value is -2.97. The SMILES string of the molecule is CC/C=C\C/C=C\C/C=C\CCCCCCCC(=O)OC(COCCC(C(=O)O)[N+](C)(C)C)COC(=O)CCCCCCCCC/C=C\C/C=C\CCCCCC. The molecule has 2 unspecified atom stereocenters. The van der Waals surface area contributed by atoms with E-state index in [1.54, 1.807) is 0 Å². The average molecular weight is 801 g/mol. The zero-order valence-electron chi connectivity index (χ0n) is 37.3. The van der Waals surface area contributed by atoms with E-state index in [1.807, 2.05) is 21.1 Å². The summed E-state index contributed by atoms with van der Waals surface area (Å²) in [7, 11) is 5.51. The first kappa shape index (κ1) is 54.0. The van der Waals surface area contributed by atoms with Crippen molar-refractivity contribution in [1.82, 2.24) is 0 Å². The number of carbonyl (C=O) groups is 3. The minimum atomic E-state index is -0.881. The number of carbonyl (C=O) groups excluding carboxylic acids is 2. The molecule has 1 N–H and O–H groups in total. The van der Waals surface area contributed by atoms with Gasteiger partial charge in [-0.3, -0.25) is 9.59 Å². The van der Waals surface area contributed by atoms with Crippen molar-refractivity contribution in [2.45, 2.75) is 193 Å². The van der Waals surface area contributed by atoms with Crippen molar-refractivity contribution >= 4 is 17.9 Å². The normalized spacial score (nSPS) is 13.5. The molecule has 0 aliphatic rings. The van der Waals surface area contributed by atoms with E-state index in [4.69, 9.17) is 14.2 Å². The molecule has 2 atom stereocenters. The standard InChI is InChI=1S/C49H85NO7/c1-6-8-10-12-14-16-18-20-22-23-24-26-27-29-31-33-35-37-39-47(51)56-44-45(43-55-42-41-46(49(53)54)50(3,4)5)57-48(52)40-38-36-34-32-30-28-25-21-19-17-15-13-11-9-7-2/h9,11,15-18,21-23,25,45-46H,6-8,10,12-14,19-20,24,26-44H2,1-5H3/p+1/b11-9-,17-15-,18-16-,23-22-,25-21-.